The highest BCUT2D eigenvalue weighted by Crippen LogP contribution is 2.29. The summed E-state index contributed by atoms with van der Waals surface area (Å²) in [6, 6.07) is 17.5. The molecule has 0 saturated carbocycles. The Bertz CT molecular complexity index is 1480. The van der Waals surface area contributed by atoms with Gasteiger partial charge in [-0.3, -0.25) is 13.9 Å². The Morgan fingerprint density at radius 2 is 1.68 bits per heavy atom. The molecule has 0 radical (unpaired) electrons. The van der Waals surface area contributed by atoms with E-state index in [2.05, 4.69) is 5.32 Å². The fraction of sp³-hybridized carbons (Fsp3) is 0.355. The molecular weight excluding hydrogens is 562 g/mol. The number of sulfonamides is 1. The van der Waals surface area contributed by atoms with E-state index in [0.717, 1.165) is 21.9 Å². The van der Waals surface area contributed by atoms with Crippen molar-refractivity contribution in [2.75, 3.05) is 18.0 Å². The first kappa shape index (κ1) is 32.0. The second-order valence-corrected chi connectivity index (χ2v) is 12.4. The first-order valence-electron chi connectivity index (χ1n) is 13.5. The van der Waals surface area contributed by atoms with E-state index < -0.39 is 28.5 Å². The third-order valence-corrected chi connectivity index (χ3v) is 8.98. The zero-order chi connectivity index (χ0) is 30.3. The van der Waals surface area contributed by atoms with Crippen molar-refractivity contribution in [2.24, 2.45) is 0 Å². The third kappa shape index (κ3) is 8.01. The third-order valence-electron chi connectivity index (χ3n) is 6.97. The Hall–Kier alpha value is -3.56. The molecule has 0 aliphatic carbocycles. The Balaban J connectivity index is 2.07. The maximum absolute atomic E-state index is 14.1. The Kier molecular flexibility index (Phi) is 10.8. The number of nitrogens with zero attached hydrogens (tertiary/aromatic N) is 2. The first-order chi connectivity index (χ1) is 19.4. The number of amides is 2. The number of ether oxygens (including phenoxy) is 1. The summed E-state index contributed by atoms with van der Waals surface area (Å²) in [5, 5.41) is 3.38. The van der Waals surface area contributed by atoms with Crippen LogP contribution >= 0.6 is 11.6 Å². The lowest BCUT2D eigenvalue weighted by atomic mass is 10.1. The van der Waals surface area contributed by atoms with Gasteiger partial charge in [0.05, 0.1) is 17.7 Å². The fourth-order valence-corrected chi connectivity index (χ4v) is 5.97. The van der Waals surface area contributed by atoms with Gasteiger partial charge < -0.3 is 15.0 Å². The molecule has 2 amide bonds. The van der Waals surface area contributed by atoms with Gasteiger partial charge in [-0.25, -0.2) is 8.42 Å². The zero-order valence-corrected chi connectivity index (χ0v) is 25.9. The smallest absolute Gasteiger partial charge is 0.264 e. The van der Waals surface area contributed by atoms with Crippen LogP contribution in [0.5, 0.6) is 5.75 Å². The van der Waals surface area contributed by atoms with Gasteiger partial charge in [-0.05, 0) is 87.7 Å². The molecule has 2 unspecified atom stereocenters. The normalized spacial score (nSPS) is 12.8. The lowest BCUT2D eigenvalue weighted by Gasteiger charge is -2.33. The fourth-order valence-electron chi connectivity index (χ4n) is 4.27. The van der Waals surface area contributed by atoms with Crippen LogP contribution in [-0.2, 0) is 26.2 Å². The SMILES string of the molecule is CCC(C)NC(=O)C(C)N(Cc1cccc(OC)c1)C(=O)CN(c1ccc(Cl)cc1C)S(=O)(=O)c1ccc(C)cc1. The zero-order valence-electron chi connectivity index (χ0n) is 24.3. The molecule has 0 bridgehead atoms. The van der Waals surface area contributed by atoms with Crippen LogP contribution in [0.15, 0.2) is 71.6 Å². The minimum atomic E-state index is -4.17. The standard InChI is InChI=1S/C31H38ClN3O5S/c1-7-23(4)33-31(37)24(5)34(19-25-9-8-10-27(18-25)40-6)30(36)20-35(29-16-13-26(32)17-22(29)3)41(38,39)28-14-11-21(2)12-15-28/h8-18,23-24H,7,19-20H2,1-6H3,(H,33,37). The van der Waals surface area contributed by atoms with E-state index in [-0.39, 0.29) is 23.4 Å². The van der Waals surface area contributed by atoms with E-state index in [4.69, 9.17) is 16.3 Å². The van der Waals surface area contributed by atoms with Gasteiger partial charge in [-0.15, -0.1) is 0 Å². The molecular formula is C31H38ClN3O5S. The maximum Gasteiger partial charge on any atom is 0.264 e. The largest absolute Gasteiger partial charge is 0.497 e. The van der Waals surface area contributed by atoms with Gasteiger partial charge in [-0.1, -0.05) is 48.4 Å². The van der Waals surface area contributed by atoms with Crippen molar-refractivity contribution >= 4 is 39.1 Å². The van der Waals surface area contributed by atoms with Crippen LogP contribution in [0.4, 0.5) is 5.69 Å². The molecule has 0 aliphatic rings. The summed E-state index contributed by atoms with van der Waals surface area (Å²) in [5.74, 6) is -0.261. The number of nitrogens with one attached hydrogen (secondary N) is 1. The molecule has 0 saturated heterocycles. The highest BCUT2D eigenvalue weighted by atomic mass is 35.5. The highest BCUT2D eigenvalue weighted by Gasteiger charge is 2.33. The summed E-state index contributed by atoms with van der Waals surface area (Å²) in [7, 11) is -2.62. The van der Waals surface area contributed by atoms with Crippen LogP contribution in [0.1, 0.15) is 43.9 Å². The van der Waals surface area contributed by atoms with Crippen LogP contribution in [0.2, 0.25) is 5.02 Å². The molecule has 220 valence electrons. The van der Waals surface area contributed by atoms with E-state index in [1.54, 1.807) is 69.5 Å². The Labute approximate surface area is 248 Å². The Morgan fingerprint density at radius 3 is 2.29 bits per heavy atom. The number of benzene rings is 3. The highest BCUT2D eigenvalue weighted by molar-refractivity contribution is 7.92. The number of hydrogen-bond donors (Lipinski definition) is 1. The van der Waals surface area contributed by atoms with Crippen molar-refractivity contribution in [2.45, 2.75) is 64.6 Å². The van der Waals surface area contributed by atoms with Crippen molar-refractivity contribution in [3.8, 4) is 5.75 Å². The van der Waals surface area contributed by atoms with Gasteiger partial charge in [0.2, 0.25) is 11.8 Å². The summed E-state index contributed by atoms with van der Waals surface area (Å²) in [6.45, 7) is 8.63. The van der Waals surface area contributed by atoms with Gasteiger partial charge in [0.25, 0.3) is 10.0 Å². The summed E-state index contributed by atoms with van der Waals surface area (Å²) >= 11 is 6.17. The average molecular weight is 600 g/mol. The predicted octanol–water partition coefficient (Wildman–Crippen LogP) is 5.49. The second kappa shape index (κ2) is 13.9. The number of hydrogen-bond acceptors (Lipinski definition) is 5. The molecule has 10 heteroatoms. The van der Waals surface area contributed by atoms with Gasteiger partial charge in [0, 0.05) is 17.6 Å². The average Bonchev–Trinajstić information content (AvgIpc) is 2.94. The number of carbonyl (C=O) groups is 2. The molecule has 0 heterocycles. The van der Waals surface area contributed by atoms with Gasteiger partial charge >= 0.3 is 0 Å². The minimum Gasteiger partial charge on any atom is -0.497 e. The van der Waals surface area contributed by atoms with Crippen LogP contribution in [0, 0.1) is 13.8 Å². The molecule has 3 aromatic carbocycles. The first-order valence-corrected chi connectivity index (χ1v) is 15.3. The molecule has 8 nitrogen and oxygen atoms in total. The van der Waals surface area contributed by atoms with Crippen LogP contribution in [0.25, 0.3) is 0 Å². The predicted molar refractivity (Wildman–Crippen MR) is 163 cm³/mol. The number of methoxy groups -OCH3 is 1. The molecule has 3 aromatic rings. The minimum absolute atomic E-state index is 0.0483. The molecule has 0 spiro atoms. The molecule has 0 aliphatic heterocycles. The van der Waals surface area contributed by atoms with E-state index >= 15 is 0 Å². The lowest BCUT2D eigenvalue weighted by molar-refractivity contribution is -0.139. The van der Waals surface area contributed by atoms with Crippen LogP contribution in [-0.4, -0.2) is 50.9 Å². The van der Waals surface area contributed by atoms with Crippen molar-refractivity contribution in [3.05, 3.63) is 88.4 Å². The topological polar surface area (TPSA) is 96.0 Å². The van der Waals surface area contributed by atoms with Crippen molar-refractivity contribution in [1.29, 1.82) is 0 Å². The van der Waals surface area contributed by atoms with E-state index in [0.29, 0.717) is 22.0 Å². The summed E-state index contributed by atoms with van der Waals surface area (Å²) in [6.07, 6.45) is 0.723. The maximum atomic E-state index is 14.1. The number of aryl methyl sites for hydroxylation is 2. The molecule has 41 heavy (non-hydrogen) atoms. The quantitative estimate of drug-likeness (QED) is 0.297. The van der Waals surface area contributed by atoms with Crippen LogP contribution < -0.4 is 14.4 Å². The number of carbonyl (C=O) groups excluding carboxylic acids is 2. The van der Waals surface area contributed by atoms with E-state index in [1.807, 2.05) is 26.8 Å². The molecule has 0 aromatic heterocycles. The molecule has 2 atom stereocenters. The second-order valence-electron chi connectivity index (χ2n) is 10.1. The number of halogens is 1. The lowest BCUT2D eigenvalue weighted by Crippen LogP contribution is -2.52. The monoisotopic (exact) mass is 599 g/mol. The molecule has 0 fully saturated rings. The van der Waals surface area contributed by atoms with Gasteiger partial charge in [0.15, 0.2) is 0 Å². The van der Waals surface area contributed by atoms with Gasteiger partial charge in [-0.2, -0.15) is 0 Å². The molecule has 3 rings (SSSR count). The number of rotatable bonds is 12. The van der Waals surface area contributed by atoms with Crippen molar-refractivity contribution in [1.82, 2.24) is 10.2 Å². The van der Waals surface area contributed by atoms with Gasteiger partial charge in [0.1, 0.15) is 18.3 Å². The van der Waals surface area contributed by atoms with Crippen molar-refractivity contribution < 1.29 is 22.7 Å². The van der Waals surface area contributed by atoms with Crippen LogP contribution in [0.3, 0.4) is 0 Å². The summed E-state index contributed by atoms with van der Waals surface area (Å²) in [4.78, 5) is 28.7. The van der Waals surface area contributed by atoms with E-state index in [9.17, 15) is 18.0 Å². The number of anilines is 1. The van der Waals surface area contributed by atoms with Crippen molar-refractivity contribution in [3.63, 3.8) is 0 Å². The van der Waals surface area contributed by atoms with E-state index in [1.165, 1.54) is 17.0 Å². The Morgan fingerprint density at radius 1 is 1.00 bits per heavy atom. The summed E-state index contributed by atoms with van der Waals surface area (Å²) < 4.78 is 34.4. The molecule has 1 N–H and O–H groups in total. The summed E-state index contributed by atoms with van der Waals surface area (Å²) in [5.41, 5.74) is 2.54.